The maximum Gasteiger partial charge on any atom is -0.0289 e. The molecule has 0 heterocycles. The maximum atomic E-state index is 2.55. The van der Waals surface area contributed by atoms with Gasteiger partial charge in [0.2, 0.25) is 0 Å². The van der Waals surface area contributed by atoms with Crippen LogP contribution >= 0.6 is 0 Å². The lowest BCUT2D eigenvalue weighted by Gasteiger charge is -2.69. The van der Waals surface area contributed by atoms with Gasteiger partial charge in [-0.3, -0.25) is 0 Å². The van der Waals surface area contributed by atoms with Gasteiger partial charge in [-0.25, -0.2) is 0 Å². The first kappa shape index (κ1) is 9.24. The van der Waals surface area contributed by atoms with Crippen LogP contribution in [0.5, 0.6) is 0 Å². The molecule has 14 heavy (non-hydrogen) atoms. The summed E-state index contributed by atoms with van der Waals surface area (Å²) in [6.07, 6.45) is 6.12. The fraction of sp³-hybridized carbons (Fsp3) is 1.00. The minimum absolute atomic E-state index is 0.638. The van der Waals surface area contributed by atoms with Gasteiger partial charge in [0.05, 0.1) is 0 Å². The second kappa shape index (κ2) is 2.39. The van der Waals surface area contributed by atoms with E-state index < -0.39 is 0 Å². The quantitative estimate of drug-likeness (QED) is 0.542. The summed E-state index contributed by atoms with van der Waals surface area (Å²) < 4.78 is 0. The Morgan fingerprint density at radius 1 is 0.857 bits per heavy atom. The predicted octanol–water partition coefficient (Wildman–Crippen LogP) is 4.10. The predicted molar refractivity (Wildman–Crippen MR) is 60.0 cm³/mol. The van der Waals surface area contributed by atoms with Gasteiger partial charge >= 0.3 is 0 Å². The van der Waals surface area contributed by atoms with Crippen LogP contribution in [0.1, 0.15) is 53.4 Å². The molecule has 4 aliphatic carbocycles. The van der Waals surface area contributed by atoms with E-state index >= 15 is 0 Å². The van der Waals surface area contributed by atoms with Crippen LogP contribution in [-0.4, -0.2) is 0 Å². The zero-order valence-corrected chi connectivity index (χ0v) is 10.1. The Morgan fingerprint density at radius 3 is 2.14 bits per heavy atom. The van der Waals surface area contributed by atoms with Crippen molar-refractivity contribution in [2.45, 2.75) is 53.4 Å². The molecule has 0 spiro atoms. The number of hydrogen-bond acceptors (Lipinski definition) is 0. The maximum absolute atomic E-state index is 2.55. The van der Waals surface area contributed by atoms with Gasteiger partial charge in [0.25, 0.3) is 0 Å². The minimum atomic E-state index is 0.638. The van der Waals surface area contributed by atoms with E-state index in [1.54, 1.807) is 6.42 Å². The Bertz CT molecular complexity index is 257. The monoisotopic (exact) mass is 192 g/mol. The van der Waals surface area contributed by atoms with E-state index in [-0.39, 0.29) is 0 Å². The van der Waals surface area contributed by atoms with Crippen molar-refractivity contribution < 1.29 is 0 Å². The van der Waals surface area contributed by atoms with Crippen molar-refractivity contribution in [2.75, 3.05) is 0 Å². The fourth-order valence-corrected chi connectivity index (χ4v) is 5.60. The van der Waals surface area contributed by atoms with Crippen LogP contribution in [-0.2, 0) is 0 Å². The van der Waals surface area contributed by atoms with Crippen molar-refractivity contribution in [1.82, 2.24) is 0 Å². The first-order valence-corrected chi connectivity index (χ1v) is 6.45. The molecule has 0 nitrogen and oxygen atoms in total. The molecule has 80 valence electrons. The first-order chi connectivity index (χ1) is 6.45. The SMILES string of the molecule is CC1(C)C2CCCC2C2CC1C2(C)C. The fourth-order valence-electron chi connectivity index (χ4n) is 5.60. The average molecular weight is 192 g/mol. The van der Waals surface area contributed by atoms with E-state index in [1.165, 1.54) is 19.3 Å². The van der Waals surface area contributed by atoms with E-state index in [0.29, 0.717) is 10.8 Å². The standard InChI is InChI=1S/C14H24/c1-13(2)10-7-5-6-9(10)11-8-12(13)14(11,3)4/h9-12H,5-8H2,1-4H3. The molecule has 4 rings (SSSR count). The third kappa shape index (κ3) is 0.823. The van der Waals surface area contributed by atoms with E-state index in [9.17, 15) is 0 Å². The lowest BCUT2D eigenvalue weighted by atomic mass is 9.36. The first-order valence-electron chi connectivity index (χ1n) is 6.45. The highest BCUT2D eigenvalue weighted by Crippen LogP contribution is 2.72. The van der Waals surface area contributed by atoms with Gasteiger partial charge in [0.1, 0.15) is 0 Å². The second-order valence-electron chi connectivity index (χ2n) is 7.24. The molecule has 0 radical (unpaired) electrons. The normalized spacial score (nSPS) is 52.3. The molecule has 0 aromatic heterocycles. The number of hydrogen-bond donors (Lipinski definition) is 0. The Balaban J connectivity index is 2.00. The molecule has 0 aromatic carbocycles. The van der Waals surface area contributed by atoms with Gasteiger partial charge in [0.15, 0.2) is 0 Å². The minimum Gasteiger partial charge on any atom is -0.0593 e. The molecule has 0 heteroatoms. The van der Waals surface area contributed by atoms with E-state index in [2.05, 4.69) is 27.7 Å². The third-order valence-corrected chi connectivity index (χ3v) is 6.28. The van der Waals surface area contributed by atoms with Crippen molar-refractivity contribution >= 4 is 0 Å². The molecular formula is C14H24. The molecule has 0 aliphatic heterocycles. The molecule has 0 amide bonds. The molecule has 0 saturated heterocycles. The second-order valence-corrected chi connectivity index (χ2v) is 7.24. The van der Waals surface area contributed by atoms with Gasteiger partial charge in [0, 0.05) is 0 Å². The summed E-state index contributed by atoms with van der Waals surface area (Å²) in [5.74, 6) is 4.25. The molecule has 0 aromatic rings. The van der Waals surface area contributed by atoms with Crippen molar-refractivity contribution in [2.24, 2.45) is 34.5 Å². The Kier molecular flexibility index (Phi) is 1.58. The van der Waals surface area contributed by atoms with Gasteiger partial charge < -0.3 is 0 Å². The van der Waals surface area contributed by atoms with Crippen LogP contribution in [0.4, 0.5) is 0 Å². The topological polar surface area (TPSA) is 0 Å². The lowest BCUT2D eigenvalue weighted by molar-refractivity contribution is -0.203. The zero-order valence-electron chi connectivity index (χ0n) is 10.1. The molecule has 4 aliphatic rings. The van der Waals surface area contributed by atoms with Crippen LogP contribution in [0.3, 0.4) is 0 Å². The molecule has 4 atom stereocenters. The van der Waals surface area contributed by atoms with Crippen LogP contribution < -0.4 is 0 Å². The van der Waals surface area contributed by atoms with Crippen LogP contribution in [0.15, 0.2) is 0 Å². The average Bonchev–Trinajstić information content (AvgIpc) is 2.50. The van der Waals surface area contributed by atoms with Crippen molar-refractivity contribution in [3.63, 3.8) is 0 Å². The van der Waals surface area contributed by atoms with Crippen LogP contribution in [0.2, 0.25) is 0 Å². The Labute approximate surface area is 88.5 Å². The zero-order chi connectivity index (χ0) is 10.1. The molecule has 4 unspecified atom stereocenters. The summed E-state index contributed by atoms with van der Waals surface area (Å²) in [5.41, 5.74) is 1.30. The molecule has 2 bridgehead atoms. The molecule has 4 saturated carbocycles. The Hall–Kier alpha value is 0. The van der Waals surface area contributed by atoms with Crippen molar-refractivity contribution in [3.8, 4) is 0 Å². The highest BCUT2D eigenvalue weighted by Gasteiger charge is 2.65. The summed E-state index contributed by atoms with van der Waals surface area (Å²) in [6.45, 7) is 10.2. The highest BCUT2D eigenvalue weighted by molar-refractivity contribution is 5.14. The van der Waals surface area contributed by atoms with Crippen molar-refractivity contribution in [3.05, 3.63) is 0 Å². The molecular weight excluding hydrogens is 168 g/mol. The highest BCUT2D eigenvalue weighted by atomic mass is 14.7. The van der Waals surface area contributed by atoms with E-state index in [1.807, 2.05) is 0 Å². The van der Waals surface area contributed by atoms with Crippen LogP contribution in [0, 0.1) is 34.5 Å². The van der Waals surface area contributed by atoms with Gasteiger partial charge in [-0.1, -0.05) is 34.1 Å². The van der Waals surface area contributed by atoms with Gasteiger partial charge in [-0.05, 0) is 53.8 Å². The van der Waals surface area contributed by atoms with E-state index in [4.69, 9.17) is 0 Å². The largest absolute Gasteiger partial charge is 0.0593 e. The van der Waals surface area contributed by atoms with Gasteiger partial charge in [-0.15, -0.1) is 0 Å². The summed E-state index contributed by atoms with van der Waals surface area (Å²) in [6, 6.07) is 0. The molecule has 0 N–H and O–H groups in total. The molecule has 4 fully saturated rings. The van der Waals surface area contributed by atoms with Gasteiger partial charge in [-0.2, -0.15) is 0 Å². The number of rotatable bonds is 0. The summed E-state index contributed by atoms with van der Waals surface area (Å²) in [7, 11) is 0. The van der Waals surface area contributed by atoms with Crippen molar-refractivity contribution in [1.29, 1.82) is 0 Å². The summed E-state index contributed by atoms with van der Waals surface area (Å²) in [5, 5.41) is 0. The summed E-state index contributed by atoms with van der Waals surface area (Å²) in [4.78, 5) is 0. The lowest BCUT2D eigenvalue weighted by Crippen LogP contribution is -2.62. The third-order valence-electron chi connectivity index (χ3n) is 6.28. The summed E-state index contributed by atoms with van der Waals surface area (Å²) >= 11 is 0. The Morgan fingerprint density at radius 2 is 1.50 bits per heavy atom. The smallest absolute Gasteiger partial charge is 0.0289 e. The van der Waals surface area contributed by atoms with Crippen LogP contribution in [0.25, 0.3) is 0 Å². The van der Waals surface area contributed by atoms with E-state index in [0.717, 1.165) is 23.7 Å².